The number of thiazole rings is 1. The van der Waals surface area contributed by atoms with E-state index in [0.717, 1.165) is 11.3 Å². The molecular formula is C23H26N4O5S3. The number of carbonyl (C=O) groups excluding carboxylic acids is 1. The van der Waals surface area contributed by atoms with Crippen LogP contribution in [0.25, 0.3) is 10.2 Å². The molecule has 12 heteroatoms. The van der Waals surface area contributed by atoms with E-state index in [1.807, 2.05) is 13.8 Å². The molecular weight excluding hydrogens is 508 g/mol. The van der Waals surface area contributed by atoms with Gasteiger partial charge in [-0.15, -0.1) is 6.42 Å². The zero-order valence-electron chi connectivity index (χ0n) is 19.3. The summed E-state index contributed by atoms with van der Waals surface area (Å²) in [5.74, 6) is 1.91. The molecule has 2 aromatic carbocycles. The van der Waals surface area contributed by atoms with Crippen molar-refractivity contribution >= 4 is 47.5 Å². The molecule has 2 N–H and O–H groups in total. The Kier molecular flexibility index (Phi) is 8.30. The van der Waals surface area contributed by atoms with E-state index < -0.39 is 26.0 Å². The van der Waals surface area contributed by atoms with Crippen molar-refractivity contribution in [2.45, 2.75) is 43.0 Å². The van der Waals surface area contributed by atoms with Gasteiger partial charge in [0.1, 0.15) is 0 Å². The van der Waals surface area contributed by atoms with Gasteiger partial charge in [-0.1, -0.05) is 31.1 Å². The van der Waals surface area contributed by atoms with Crippen molar-refractivity contribution in [3.05, 3.63) is 52.8 Å². The van der Waals surface area contributed by atoms with E-state index >= 15 is 0 Å². The Hall–Kier alpha value is -2.82. The molecule has 0 spiro atoms. The third-order valence-corrected chi connectivity index (χ3v) is 8.98. The highest BCUT2D eigenvalue weighted by molar-refractivity contribution is 7.89. The highest BCUT2D eigenvalue weighted by Gasteiger charge is 2.23. The molecule has 3 aromatic rings. The minimum atomic E-state index is -3.90. The summed E-state index contributed by atoms with van der Waals surface area (Å²) in [6.45, 7) is 4.78. The van der Waals surface area contributed by atoms with Crippen LogP contribution in [0.2, 0.25) is 0 Å². The molecule has 1 amide bonds. The minimum Gasteiger partial charge on any atom is -0.305 e. The second kappa shape index (κ2) is 10.8. The van der Waals surface area contributed by atoms with Gasteiger partial charge in [-0.3, -0.25) is 4.79 Å². The summed E-state index contributed by atoms with van der Waals surface area (Å²) < 4.78 is 52.9. The monoisotopic (exact) mass is 534 g/mol. The molecule has 0 bridgehead atoms. The largest absolute Gasteiger partial charge is 0.305 e. The standard InChI is InChI=1S/C23H26N4O5S3/c1-4-13-26(14-5-2)35(31,32)18-9-7-17(8-10-18)22(28)25-23-27(15-6-3)20-12-11-19(34(24,29)30)16-21(20)33-23/h3,7-12,16H,4-5,13-15H2,1-2H3,(H2,24,29,30). The number of nitrogens with two attached hydrogens (primary N) is 1. The number of sulfonamides is 2. The van der Waals surface area contributed by atoms with Gasteiger partial charge in [-0.25, -0.2) is 22.0 Å². The molecule has 0 fully saturated rings. The Morgan fingerprint density at radius 3 is 2.20 bits per heavy atom. The predicted molar refractivity (Wildman–Crippen MR) is 136 cm³/mol. The maximum Gasteiger partial charge on any atom is 0.279 e. The summed E-state index contributed by atoms with van der Waals surface area (Å²) in [5, 5.41) is 5.22. The van der Waals surface area contributed by atoms with Crippen LogP contribution in [-0.2, 0) is 26.6 Å². The maximum absolute atomic E-state index is 12.9. The molecule has 1 heterocycles. The molecule has 0 aliphatic carbocycles. The SMILES string of the molecule is C#CCn1c(=NC(=O)c2ccc(S(=O)(=O)N(CCC)CCC)cc2)sc2cc(S(N)(=O)=O)ccc21. The van der Waals surface area contributed by atoms with E-state index in [4.69, 9.17) is 11.6 Å². The molecule has 0 aliphatic rings. The maximum atomic E-state index is 12.9. The van der Waals surface area contributed by atoms with Gasteiger partial charge >= 0.3 is 0 Å². The highest BCUT2D eigenvalue weighted by Crippen LogP contribution is 2.22. The number of nitrogens with zero attached hydrogens (tertiary/aromatic N) is 3. The van der Waals surface area contributed by atoms with E-state index in [0.29, 0.717) is 36.1 Å². The summed E-state index contributed by atoms with van der Waals surface area (Å²) in [7, 11) is -7.57. The Labute approximate surface area is 209 Å². The summed E-state index contributed by atoms with van der Waals surface area (Å²) >= 11 is 1.10. The van der Waals surface area contributed by atoms with Gasteiger partial charge < -0.3 is 4.57 Å². The molecule has 9 nitrogen and oxygen atoms in total. The number of primary sulfonamides is 1. The molecule has 35 heavy (non-hydrogen) atoms. The number of carbonyl (C=O) groups is 1. The quantitative estimate of drug-likeness (QED) is 0.422. The topological polar surface area (TPSA) is 132 Å². The highest BCUT2D eigenvalue weighted by atomic mass is 32.2. The summed E-state index contributed by atoms with van der Waals surface area (Å²) in [4.78, 5) is 17.4. The Morgan fingerprint density at radius 2 is 1.66 bits per heavy atom. The second-order valence-electron chi connectivity index (χ2n) is 7.69. The minimum absolute atomic E-state index is 0.0611. The molecule has 1 aromatic heterocycles. The lowest BCUT2D eigenvalue weighted by molar-refractivity contribution is 0.0997. The van der Waals surface area contributed by atoms with Gasteiger partial charge in [0.25, 0.3) is 5.91 Å². The van der Waals surface area contributed by atoms with Crippen LogP contribution in [0.1, 0.15) is 37.0 Å². The number of hydrogen-bond donors (Lipinski definition) is 1. The number of benzene rings is 2. The van der Waals surface area contributed by atoms with Gasteiger partial charge in [-0.2, -0.15) is 9.30 Å². The zero-order valence-corrected chi connectivity index (χ0v) is 21.8. The van der Waals surface area contributed by atoms with Gasteiger partial charge in [0.15, 0.2) is 4.80 Å². The number of terminal acetylenes is 1. The first-order valence-electron chi connectivity index (χ1n) is 10.8. The molecule has 0 saturated heterocycles. The lowest BCUT2D eigenvalue weighted by atomic mass is 10.2. The van der Waals surface area contributed by atoms with E-state index in [2.05, 4.69) is 10.9 Å². The van der Waals surface area contributed by atoms with Crippen LogP contribution in [-0.4, -0.2) is 44.7 Å². The Bertz CT molecular complexity index is 1560. The van der Waals surface area contributed by atoms with Gasteiger partial charge in [-0.05, 0) is 55.3 Å². The van der Waals surface area contributed by atoms with Crippen molar-refractivity contribution in [2.24, 2.45) is 10.1 Å². The summed E-state index contributed by atoms with van der Waals surface area (Å²) in [6.07, 6.45) is 6.87. The number of hydrogen-bond acceptors (Lipinski definition) is 6. The number of aromatic nitrogens is 1. The first-order chi connectivity index (χ1) is 16.5. The van der Waals surface area contributed by atoms with Crippen LogP contribution in [0.4, 0.5) is 0 Å². The fourth-order valence-corrected chi connectivity index (χ4v) is 6.79. The van der Waals surface area contributed by atoms with Crippen LogP contribution < -0.4 is 9.94 Å². The van der Waals surface area contributed by atoms with Gasteiger partial charge in [0.2, 0.25) is 20.0 Å². The number of rotatable bonds is 9. The molecule has 0 unspecified atom stereocenters. The first-order valence-corrected chi connectivity index (χ1v) is 14.6. The van der Waals surface area contributed by atoms with Crippen molar-refractivity contribution in [1.82, 2.24) is 8.87 Å². The number of fused-ring (bicyclic) bond motifs is 1. The summed E-state index contributed by atoms with van der Waals surface area (Å²) in [6, 6.07) is 9.97. The molecule has 0 radical (unpaired) electrons. The van der Waals surface area contributed by atoms with Crippen molar-refractivity contribution in [2.75, 3.05) is 13.1 Å². The van der Waals surface area contributed by atoms with Crippen LogP contribution >= 0.6 is 11.3 Å². The lowest BCUT2D eigenvalue weighted by Crippen LogP contribution is -2.32. The van der Waals surface area contributed by atoms with E-state index in [9.17, 15) is 21.6 Å². The van der Waals surface area contributed by atoms with Crippen LogP contribution in [0.15, 0.2) is 57.2 Å². The molecule has 186 valence electrons. The normalized spacial score (nSPS) is 12.8. The van der Waals surface area contributed by atoms with Crippen molar-refractivity contribution in [3.63, 3.8) is 0 Å². The van der Waals surface area contributed by atoms with Crippen LogP contribution in [0.5, 0.6) is 0 Å². The molecule has 0 saturated carbocycles. The predicted octanol–water partition coefficient (Wildman–Crippen LogP) is 2.54. The van der Waals surface area contributed by atoms with Gasteiger partial charge in [0, 0.05) is 18.7 Å². The Balaban J connectivity index is 2.00. The Morgan fingerprint density at radius 1 is 1.06 bits per heavy atom. The molecule has 0 aliphatic heterocycles. The lowest BCUT2D eigenvalue weighted by Gasteiger charge is -2.21. The average Bonchev–Trinajstić information content (AvgIpc) is 3.15. The van der Waals surface area contributed by atoms with Crippen molar-refractivity contribution < 1.29 is 21.6 Å². The van der Waals surface area contributed by atoms with E-state index in [1.54, 1.807) is 10.6 Å². The van der Waals surface area contributed by atoms with Gasteiger partial charge in [0.05, 0.1) is 26.6 Å². The summed E-state index contributed by atoms with van der Waals surface area (Å²) in [5.41, 5.74) is 0.816. The first kappa shape index (κ1) is 26.8. The smallest absolute Gasteiger partial charge is 0.279 e. The van der Waals surface area contributed by atoms with Crippen molar-refractivity contribution in [3.8, 4) is 12.3 Å². The van der Waals surface area contributed by atoms with E-state index in [-0.39, 0.29) is 26.7 Å². The molecule has 0 atom stereocenters. The number of amides is 1. The van der Waals surface area contributed by atoms with Crippen LogP contribution in [0.3, 0.4) is 0 Å². The van der Waals surface area contributed by atoms with Crippen LogP contribution in [0, 0.1) is 12.3 Å². The van der Waals surface area contributed by atoms with E-state index in [1.165, 1.54) is 40.7 Å². The molecule has 3 rings (SSSR count). The fourth-order valence-electron chi connectivity index (χ4n) is 3.48. The van der Waals surface area contributed by atoms with Crippen molar-refractivity contribution in [1.29, 1.82) is 0 Å². The third kappa shape index (κ3) is 5.88. The average molecular weight is 535 g/mol. The fraction of sp³-hybridized carbons (Fsp3) is 0.304. The zero-order chi connectivity index (χ0) is 25.8. The third-order valence-electron chi connectivity index (χ3n) is 5.11. The second-order valence-corrected chi connectivity index (χ2v) is 12.2.